The summed E-state index contributed by atoms with van der Waals surface area (Å²) in [6.07, 6.45) is 9.14. The Morgan fingerprint density at radius 3 is 2.59 bits per heavy atom. The van der Waals surface area contributed by atoms with Crippen molar-refractivity contribution in [3.63, 3.8) is 0 Å². The van der Waals surface area contributed by atoms with Crippen LogP contribution in [0.4, 0.5) is 3.89 Å². The summed E-state index contributed by atoms with van der Waals surface area (Å²) in [4.78, 5) is 0. The van der Waals surface area contributed by atoms with E-state index in [9.17, 15) is 3.89 Å². The van der Waals surface area contributed by atoms with Crippen molar-refractivity contribution in [3.05, 3.63) is 25.4 Å². The second-order valence-electron chi connectivity index (χ2n) is 8.17. The van der Waals surface area contributed by atoms with E-state index >= 15 is 0 Å². The monoisotopic (exact) mass is 487 g/mol. The first-order valence-corrected chi connectivity index (χ1v) is 10.5. The van der Waals surface area contributed by atoms with Crippen LogP contribution in [0.5, 0.6) is 0 Å². The predicted molar refractivity (Wildman–Crippen MR) is 108 cm³/mol. The molecule has 4 nitrogen and oxygen atoms in total. The van der Waals surface area contributed by atoms with Crippen molar-refractivity contribution in [1.29, 1.82) is 0 Å². The van der Waals surface area contributed by atoms with Crippen LogP contribution >= 0.6 is 12.3 Å². The summed E-state index contributed by atoms with van der Waals surface area (Å²) in [6.45, 7) is 7.58. The molecule has 1 aliphatic carbocycles. The van der Waals surface area contributed by atoms with Gasteiger partial charge in [0, 0.05) is 37.5 Å². The van der Waals surface area contributed by atoms with Gasteiger partial charge in [0.15, 0.2) is 12.3 Å². The molecule has 1 N–H and O–H groups in total. The predicted octanol–water partition coefficient (Wildman–Crippen LogP) is 5.17. The summed E-state index contributed by atoms with van der Waals surface area (Å²) in [5.74, 6) is 1.90. The molecule has 1 aromatic heterocycles. The second-order valence-corrected chi connectivity index (χ2v) is 8.65. The number of rotatable bonds is 6. The zero-order valence-electron chi connectivity index (χ0n) is 17.0. The van der Waals surface area contributed by atoms with Crippen LogP contribution in [-0.2, 0) is 24.2 Å². The fourth-order valence-corrected chi connectivity index (χ4v) is 4.87. The summed E-state index contributed by atoms with van der Waals surface area (Å²) in [5.41, 5.74) is 0.962. The maximum atomic E-state index is 13.1. The van der Waals surface area contributed by atoms with E-state index < -0.39 is 0 Å². The van der Waals surface area contributed by atoms with Gasteiger partial charge in [0.25, 0.3) is 0 Å². The van der Waals surface area contributed by atoms with Gasteiger partial charge in [0.2, 0.25) is 0 Å². The molecule has 3 rings (SSSR count). The number of piperidine rings is 1. The molecular formula is C20H35FN3ORhS-. The first-order chi connectivity index (χ1) is 12.1. The van der Waals surface area contributed by atoms with Crippen LogP contribution in [0.2, 0.25) is 0 Å². The van der Waals surface area contributed by atoms with Gasteiger partial charge in [-0.15, -0.1) is 3.89 Å². The molecule has 3 atom stereocenters. The van der Waals surface area contributed by atoms with E-state index in [1.165, 1.54) is 29.8 Å². The number of hydrogen-bond donors (Lipinski definition) is 1. The van der Waals surface area contributed by atoms with E-state index in [-0.39, 0.29) is 51.2 Å². The molecule has 0 aromatic carbocycles. The Labute approximate surface area is 182 Å². The third-order valence-corrected chi connectivity index (χ3v) is 6.59. The molecule has 0 spiro atoms. The average molecular weight is 487 g/mol. The molecule has 2 fully saturated rings. The molecule has 0 amide bonds. The summed E-state index contributed by atoms with van der Waals surface area (Å²) in [6, 6.07) is 2.65. The largest absolute Gasteiger partial charge is 0.377 e. The molecule has 1 saturated carbocycles. The minimum absolute atomic E-state index is 0. The molecule has 0 bridgehead atoms. The number of nitrogens with one attached hydrogen (secondary N) is 1. The van der Waals surface area contributed by atoms with Gasteiger partial charge in [0.1, 0.15) is 0 Å². The van der Waals surface area contributed by atoms with E-state index in [2.05, 4.69) is 31.2 Å². The van der Waals surface area contributed by atoms with Gasteiger partial charge in [-0.3, -0.25) is 0 Å². The van der Waals surface area contributed by atoms with Crippen LogP contribution < -0.4 is 5.32 Å². The van der Waals surface area contributed by atoms with Crippen LogP contribution in [-0.4, -0.2) is 34.0 Å². The number of ether oxygens (including phenoxy) is 1. The van der Waals surface area contributed by atoms with Crippen molar-refractivity contribution in [2.75, 3.05) is 6.61 Å². The zero-order chi connectivity index (χ0) is 17.8. The fourth-order valence-electron chi connectivity index (χ4n) is 4.50. The average Bonchev–Trinajstić information content (AvgIpc) is 3.09. The Hall–Kier alpha value is 0.0334. The van der Waals surface area contributed by atoms with Crippen LogP contribution in [0.15, 0.2) is 12.3 Å². The Morgan fingerprint density at radius 2 is 1.96 bits per heavy atom. The molecule has 1 aromatic rings. The number of hydrogen-bond acceptors (Lipinski definition) is 4. The van der Waals surface area contributed by atoms with Crippen LogP contribution in [0.3, 0.4) is 0 Å². The maximum absolute atomic E-state index is 13.1. The Bertz CT molecular complexity index is 537. The SMILES string of the molecule is CC1CCC(c2ccnn2SF)C(COC2CCC(C(C)C)CC2)N1.[CH3-].[Rh]. The fraction of sp³-hybridized carbons (Fsp3) is 0.800. The van der Waals surface area contributed by atoms with Crippen molar-refractivity contribution in [2.45, 2.75) is 83.4 Å². The van der Waals surface area contributed by atoms with Gasteiger partial charge in [-0.2, -0.15) is 9.19 Å². The van der Waals surface area contributed by atoms with Crippen molar-refractivity contribution in [2.24, 2.45) is 11.8 Å². The Balaban J connectivity index is 0.00000182. The van der Waals surface area contributed by atoms with Crippen molar-refractivity contribution in [3.8, 4) is 0 Å². The van der Waals surface area contributed by atoms with E-state index in [1.807, 2.05) is 6.07 Å². The van der Waals surface area contributed by atoms with Crippen molar-refractivity contribution in [1.82, 2.24) is 14.5 Å². The molecule has 3 unspecified atom stereocenters. The topological polar surface area (TPSA) is 39.1 Å². The van der Waals surface area contributed by atoms with E-state index in [0.29, 0.717) is 18.8 Å². The van der Waals surface area contributed by atoms with E-state index in [4.69, 9.17) is 4.74 Å². The van der Waals surface area contributed by atoms with Crippen molar-refractivity contribution >= 4 is 12.3 Å². The number of aromatic nitrogens is 2. The molecule has 2 heterocycles. The molecule has 7 heteroatoms. The number of halogens is 1. The second kappa shape index (κ2) is 11.9. The Kier molecular flexibility index (Phi) is 11.0. The normalized spacial score (nSPS) is 31.2. The molecule has 159 valence electrons. The van der Waals surface area contributed by atoms with Crippen molar-refractivity contribution < 1.29 is 28.1 Å². The molecule has 1 aliphatic heterocycles. The summed E-state index contributed by atoms with van der Waals surface area (Å²) >= 11 is 0.185. The third-order valence-electron chi connectivity index (χ3n) is 6.15. The smallest absolute Gasteiger partial charge is 0.187 e. The summed E-state index contributed by atoms with van der Waals surface area (Å²) in [5, 5.41) is 7.75. The van der Waals surface area contributed by atoms with E-state index in [0.717, 1.165) is 30.4 Å². The van der Waals surface area contributed by atoms with Gasteiger partial charge in [-0.05, 0) is 63.4 Å². The van der Waals surface area contributed by atoms with Crippen LogP contribution in [0.1, 0.15) is 70.9 Å². The van der Waals surface area contributed by atoms with Gasteiger partial charge in [0.05, 0.1) is 24.6 Å². The quantitative estimate of drug-likeness (QED) is 0.444. The third kappa shape index (κ3) is 6.52. The standard InChI is InChI=1S/C19H32FN3OS.CH3.Rh/c1-13(2)15-5-7-16(8-6-15)24-12-18-17(9-4-14(3)22-18)19-10-11-21-23(19)25-20;;/h10-11,13-18,22H,4-9,12H2,1-3H3;1H3;/q;-1;. The van der Waals surface area contributed by atoms with Gasteiger partial charge in [-0.25, -0.2) is 0 Å². The summed E-state index contributed by atoms with van der Waals surface area (Å²) < 4.78 is 20.8. The first-order valence-electron chi connectivity index (χ1n) is 9.79. The van der Waals surface area contributed by atoms with E-state index in [1.54, 1.807) is 6.20 Å². The minimum Gasteiger partial charge on any atom is -0.377 e. The van der Waals surface area contributed by atoms with Crippen LogP contribution in [0, 0.1) is 19.3 Å². The minimum atomic E-state index is 0. The molecule has 27 heavy (non-hydrogen) atoms. The summed E-state index contributed by atoms with van der Waals surface area (Å²) in [7, 11) is 0. The number of nitrogens with zero attached hydrogens (tertiary/aromatic N) is 2. The zero-order valence-corrected chi connectivity index (χ0v) is 19.4. The molecular weight excluding hydrogens is 452 g/mol. The molecule has 1 radical (unpaired) electrons. The van der Waals surface area contributed by atoms with Gasteiger partial charge >= 0.3 is 0 Å². The molecule has 1 saturated heterocycles. The van der Waals surface area contributed by atoms with Gasteiger partial charge in [-0.1, -0.05) is 13.8 Å². The molecule has 2 aliphatic rings. The first kappa shape index (κ1) is 25.1. The van der Waals surface area contributed by atoms with Crippen LogP contribution in [0.25, 0.3) is 0 Å². The van der Waals surface area contributed by atoms with Gasteiger partial charge < -0.3 is 17.5 Å². The maximum Gasteiger partial charge on any atom is 0.187 e. The Morgan fingerprint density at radius 1 is 1.26 bits per heavy atom.